The fourth-order valence-corrected chi connectivity index (χ4v) is 3.38. The van der Waals surface area contributed by atoms with Gasteiger partial charge in [0.05, 0.1) is 0 Å². The van der Waals surface area contributed by atoms with Gasteiger partial charge in [-0.2, -0.15) is 0 Å². The van der Waals surface area contributed by atoms with Crippen molar-refractivity contribution in [2.45, 2.75) is 44.6 Å². The van der Waals surface area contributed by atoms with Gasteiger partial charge in [-0.25, -0.2) is 0 Å². The lowest BCUT2D eigenvalue weighted by molar-refractivity contribution is -0.0831. The molecule has 0 radical (unpaired) electrons. The first-order valence-electron chi connectivity index (χ1n) is 6.33. The van der Waals surface area contributed by atoms with Gasteiger partial charge in [-0.3, -0.25) is 4.90 Å². The quantitative estimate of drug-likeness (QED) is 0.682. The average molecular weight is 194 g/mol. The Labute approximate surface area is 87.0 Å². The molecule has 1 saturated carbocycles. The maximum absolute atomic E-state index is 3.57. The Kier molecular flexibility index (Phi) is 2.29. The van der Waals surface area contributed by atoms with E-state index in [1.54, 1.807) is 0 Å². The van der Waals surface area contributed by atoms with Gasteiger partial charge in [0.25, 0.3) is 0 Å². The van der Waals surface area contributed by atoms with E-state index in [1.807, 2.05) is 0 Å². The SMILES string of the molecule is C1CCC(N2CC3(CCC3)C2)CNC1. The summed E-state index contributed by atoms with van der Waals surface area (Å²) in [6.07, 6.45) is 8.78. The molecule has 2 saturated heterocycles. The van der Waals surface area contributed by atoms with Crippen LogP contribution in [0.25, 0.3) is 0 Å². The Morgan fingerprint density at radius 2 is 1.93 bits per heavy atom. The maximum atomic E-state index is 3.57. The minimum atomic E-state index is 0.812. The second-order valence-electron chi connectivity index (χ2n) is 5.61. The summed E-state index contributed by atoms with van der Waals surface area (Å²) in [6, 6.07) is 0.865. The highest BCUT2D eigenvalue weighted by Gasteiger charge is 2.48. The topological polar surface area (TPSA) is 15.3 Å². The Balaban J connectivity index is 1.51. The molecule has 3 fully saturated rings. The molecule has 2 heterocycles. The lowest BCUT2D eigenvalue weighted by atomic mass is 9.63. The van der Waals surface area contributed by atoms with Crippen LogP contribution in [0.15, 0.2) is 0 Å². The fraction of sp³-hybridized carbons (Fsp3) is 1.00. The number of rotatable bonds is 1. The molecular weight excluding hydrogens is 172 g/mol. The Morgan fingerprint density at radius 1 is 1.07 bits per heavy atom. The van der Waals surface area contributed by atoms with Gasteiger partial charge in [-0.15, -0.1) is 0 Å². The van der Waals surface area contributed by atoms with E-state index in [4.69, 9.17) is 0 Å². The van der Waals surface area contributed by atoms with E-state index in [-0.39, 0.29) is 0 Å². The van der Waals surface area contributed by atoms with Crippen LogP contribution in [0.2, 0.25) is 0 Å². The van der Waals surface area contributed by atoms with Gasteiger partial charge in [0, 0.05) is 25.7 Å². The lowest BCUT2D eigenvalue weighted by Crippen LogP contribution is -2.63. The summed E-state index contributed by atoms with van der Waals surface area (Å²) in [4.78, 5) is 2.73. The summed E-state index contributed by atoms with van der Waals surface area (Å²) in [6.45, 7) is 5.32. The number of likely N-dealkylation sites (tertiary alicyclic amines) is 1. The first-order chi connectivity index (χ1) is 6.88. The molecule has 1 aliphatic carbocycles. The Hall–Kier alpha value is -0.0800. The summed E-state index contributed by atoms with van der Waals surface area (Å²) < 4.78 is 0. The third-order valence-electron chi connectivity index (χ3n) is 4.53. The van der Waals surface area contributed by atoms with Crippen molar-refractivity contribution in [1.82, 2.24) is 10.2 Å². The smallest absolute Gasteiger partial charge is 0.0221 e. The van der Waals surface area contributed by atoms with Crippen molar-refractivity contribution in [2.24, 2.45) is 5.41 Å². The molecule has 0 aromatic heterocycles. The van der Waals surface area contributed by atoms with Gasteiger partial charge in [0.1, 0.15) is 0 Å². The van der Waals surface area contributed by atoms with Gasteiger partial charge in [-0.05, 0) is 37.6 Å². The van der Waals surface area contributed by atoms with Crippen molar-refractivity contribution in [3.63, 3.8) is 0 Å². The molecule has 1 atom stereocenters. The molecular formula is C12H22N2. The maximum Gasteiger partial charge on any atom is 0.0221 e. The van der Waals surface area contributed by atoms with Crippen LogP contribution in [0.3, 0.4) is 0 Å². The minimum absolute atomic E-state index is 0.812. The van der Waals surface area contributed by atoms with Gasteiger partial charge >= 0.3 is 0 Å². The highest BCUT2D eigenvalue weighted by Crippen LogP contribution is 2.49. The molecule has 1 unspecified atom stereocenters. The lowest BCUT2D eigenvalue weighted by Gasteiger charge is -2.58. The molecule has 2 heteroatoms. The Bertz CT molecular complexity index is 194. The van der Waals surface area contributed by atoms with Gasteiger partial charge in [0.2, 0.25) is 0 Å². The van der Waals surface area contributed by atoms with Crippen LogP contribution < -0.4 is 5.32 Å². The highest BCUT2D eigenvalue weighted by atomic mass is 15.3. The van der Waals surface area contributed by atoms with Crippen molar-refractivity contribution < 1.29 is 0 Å². The molecule has 0 bridgehead atoms. The van der Waals surface area contributed by atoms with E-state index in [0.29, 0.717) is 0 Å². The molecule has 3 rings (SSSR count). The number of hydrogen-bond donors (Lipinski definition) is 1. The van der Waals surface area contributed by atoms with Crippen molar-refractivity contribution in [3.8, 4) is 0 Å². The molecule has 0 amide bonds. The fourth-order valence-electron chi connectivity index (χ4n) is 3.38. The zero-order valence-corrected chi connectivity index (χ0v) is 9.10. The molecule has 2 aliphatic heterocycles. The summed E-state index contributed by atoms with van der Waals surface area (Å²) in [5, 5.41) is 3.57. The molecule has 0 aromatic rings. The second-order valence-corrected chi connectivity index (χ2v) is 5.61. The normalized spacial score (nSPS) is 37.3. The first kappa shape index (κ1) is 9.17. The van der Waals surface area contributed by atoms with Gasteiger partial charge in [-0.1, -0.05) is 12.8 Å². The van der Waals surface area contributed by atoms with Gasteiger partial charge in [0.15, 0.2) is 0 Å². The van der Waals surface area contributed by atoms with Crippen LogP contribution in [0, 0.1) is 5.41 Å². The van der Waals surface area contributed by atoms with E-state index in [1.165, 1.54) is 64.7 Å². The number of nitrogens with zero attached hydrogens (tertiary/aromatic N) is 1. The summed E-state index contributed by atoms with van der Waals surface area (Å²) in [5.41, 5.74) is 0.812. The predicted molar refractivity (Wildman–Crippen MR) is 58.4 cm³/mol. The van der Waals surface area contributed by atoms with E-state index in [9.17, 15) is 0 Å². The largest absolute Gasteiger partial charge is 0.315 e. The number of hydrogen-bond acceptors (Lipinski definition) is 2. The zero-order valence-electron chi connectivity index (χ0n) is 9.10. The second kappa shape index (κ2) is 3.49. The van der Waals surface area contributed by atoms with Crippen molar-refractivity contribution in [3.05, 3.63) is 0 Å². The average Bonchev–Trinajstić information content (AvgIpc) is 2.27. The summed E-state index contributed by atoms with van der Waals surface area (Å²) in [5.74, 6) is 0. The molecule has 3 aliphatic rings. The highest BCUT2D eigenvalue weighted by molar-refractivity contribution is 5.02. The number of nitrogens with one attached hydrogen (secondary N) is 1. The molecule has 1 spiro atoms. The molecule has 2 nitrogen and oxygen atoms in total. The van der Waals surface area contributed by atoms with Crippen molar-refractivity contribution in [2.75, 3.05) is 26.2 Å². The van der Waals surface area contributed by atoms with E-state index >= 15 is 0 Å². The van der Waals surface area contributed by atoms with Crippen LogP contribution in [0.1, 0.15) is 38.5 Å². The zero-order chi connectivity index (χ0) is 9.43. The van der Waals surface area contributed by atoms with Crippen LogP contribution in [0.5, 0.6) is 0 Å². The van der Waals surface area contributed by atoms with Crippen molar-refractivity contribution >= 4 is 0 Å². The molecule has 0 aromatic carbocycles. The summed E-state index contributed by atoms with van der Waals surface area (Å²) in [7, 11) is 0. The molecule has 14 heavy (non-hydrogen) atoms. The van der Waals surface area contributed by atoms with Crippen LogP contribution >= 0.6 is 0 Å². The predicted octanol–water partition coefficient (Wildman–Crippen LogP) is 1.61. The Morgan fingerprint density at radius 3 is 2.64 bits per heavy atom. The third kappa shape index (κ3) is 1.49. The first-order valence-corrected chi connectivity index (χ1v) is 6.33. The van der Waals surface area contributed by atoms with Crippen LogP contribution in [-0.2, 0) is 0 Å². The molecule has 80 valence electrons. The standard InChI is InChI=1S/C12H22N2/c1-2-7-13-8-11(4-1)14-9-12(10-14)5-3-6-12/h11,13H,1-10H2. The van der Waals surface area contributed by atoms with Crippen LogP contribution in [0.4, 0.5) is 0 Å². The van der Waals surface area contributed by atoms with Gasteiger partial charge < -0.3 is 5.32 Å². The van der Waals surface area contributed by atoms with E-state index < -0.39 is 0 Å². The minimum Gasteiger partial charge on any atom is -0.315 e. The summed E-state index contributed by atoms with van der Waals surface area (Å²) >= 11 is 0. The van der Waals surface area contributed by atoms with E-state index in [2.05, 4.69) is 10.2 Å². The van der Waals surface area contributed by atoms with Crippen molar-refractivity contribution in [1.29, 1.82) is 0 Å². The monoisotopic (exact) mass is 194 g/mol. The van der Waals surface area contributed by atoms with Crippen LogP contribution in [-0.4, -0.2) is 37.1 Å². The molecule has 1 N–H and O–H groups in total. The third-order valence-corrected chi connectivity index (χ3v) is 4.53. The van der Waals surface area contributed by atoms with E-state index in [0.717, 1.165) is 11.5 Å².